The number of carbonyl (C=O) groups is 1. The number of aromatic nitrogens is 2. The minimum atomic E-state index is -0.164. The van der Waals surface area contributed by atoms with Crippen LogP contribution in [0.15, 0.2) is 63.6 Å². The number of hydrogen-bond acceptors (Lipinski definition) is 5. The molecule has 0 unspecified atom stereocenters. The number of halogens is 1. The summed E-state index contributed by atoms with van der Waals surface area (Å²) in [5.41, 5.74) is 2.06. The van der Waals surface area contributed by atoms with E-state index in [0.717, 1.165) is 15.8 Å². The Kier molecular flexibility index (Phi) is 6.46. The number of rotatable bonds is 7. The highest BCUT2D eigenvalue weighted by atomic mass is 79.9. The zero-order valence-electron chi connectivity index (χ0n) is 14.2. The molecule has 0 aliphatic carbocycles. The third-order valence-electron chi connectivity index (χ3n) is 3.68. The van der Waals surface area contributed by atoms with Crippen molar-refractivity contribution < 1.29 is 9.32 Å². The Morgan fingerprint density at radius 1 is 1.23 bits per heavy atom. The molecule has 0 saturated carbocycles. The predicted octanol–water partition coefficient (Wildman–Crippen LogP) is 4.44. The fourth-order valence-electron chi connectivity index (χ4n) is 2.25. The zero-order valence-corrected chi connectivity index (χ0v) is 16.6. The fraction of sp³-hybridized carbons (Fsp3) is 0.211. The van der Waals surface area contributed by atoms with Crippen LogP contribution in [0.1, 0.15) is 18.4 Å². The molecule has 3 aromatic rings. The lowest BCUT2D eigenvalue weighted by atomic mass is 10.2. The van der Waals surface area contributed by atoms with Crippen LogP contribution in [-0.2, 0) is 17.1 Å². The molecular formula is C19H18BrN3O2S. The lowest BCUT2D eigenvalue weighted by molar-refractivity contribution is -0.120. The van der Waals surface area contributed by atoms with E-state index >= 15 is 0 Å². The van der Waals surface area contributed by atoms with E-state index in [0.29, 0.717) is 11.7 Å². The van der Waals surface area contributed by atoms with E-state index in [4.69, 9.17) is 4.52 Å². The first-order valence-electron chi connectivity index (χ1n) is 8.13. The molecule has 0 saturated heterocycles. The minimum Gasteiger partial charge on any atom is -0.346 e. The molecule has 1 atom stereocenters. The van der Waals surface area contributed by atoms with Gasteiger partial charge in [-0.05, 0) is 24.6 Å². The van der Waals surface area contributed by atoms with Gasteiger partial charge in [-0.3, -0.25) is 4.79 Å². The Hall–Kier alpha value is -2.12. The van der Waals surface area contributed by atoms with E-state index in [1.807, 2.05) is 49.4 Å². The Morgan fingerprint density at radius 2 is 2.04 bits per heavy atom. The molecule has 1 heterocycles. The molecule has 0 fully saturated rings. The standard InChI is InChI=1S/C19H18BrN3O2S/c1-13(26-12-14-6-3-2-4-7-14)19(24)21-11-17-22-18(23-25-17)15-8-5-9-16(20)10-15/h2-10,13H,11-12H2,1H3,(H,21,24)/t13-/m1/s1. The second kappa shape index (κ2) is 9.00. The van der Waals surface area contributed by atoms with Crippen LogP contribution in [-0.4, -0.2) is 21.3 Å². The van der Waals surface area contributed by atoms with Crippen molar-refractivity contribution in [3.63, 3.8) is 0 Å². The molecule has 0 radical (unpaired) electrons. The SMILES string of the molecule is C[C@@H](SCc1ccccc1)C(=O)NCc1nc(-c2cccc(Br)c2)no1. The molecular weight excluding hydrogens is 414 g/mol. The summed E-state index contributed by atoms with van der Waals surface area (Å²) in [7, 11) is 0. The highest BCUT2D eigenvalue weighted by molar-refractivity contribution is 9.10. The fourth-order valence-corrected chi connectivity index (χ4v) is 3.52. The smallest absolute Gasteiger partial charge is 0.246 e. The van der Waals surface area contributed by atoms with E-state index in [2.05, 4.69) is 43.5 Å². The summed E-state index contributed by atoms with van der Waals surface area (Å²) >= 11 is 5.01. The van der Waals surface area contributed by atoms with Gasteiger partial charge in [0.25, 0.3) is 0 Å². The van der Waals surface area contributed by atoms with Crippen LogP contribution >= 0.6 is 27.7 Å². The van der Waals surface area contributed by atoms with Gasteiger partial charge in [0.2, 0.25) is 17.6 Å². The number of thioether (sulfide) groups is 1. The van der Waals surface area contributed by atoms with Crippen LogP contribution in [0.3, 0.4) is 0 Å². The number of hydrogen-bond donors (Lipinski definition) is 1. The van der Waals surface area contributed by atoms with Crippen LogP contribution in [0.2, 0.25) is 0 Å². The monoisotopic (exact) mass is 431 g/mol. The molecule has 26 heavy (non-hydrogen) atoms. The summed E-state index contributed by atoms with van der Waals surface area (Å²) in [6.45, 7) is 2.11. The summed E-state index contributed by atoms with van der Waals surface area (Å²) in [5.74, 6) is 1.63. The molecule has 2 aromatic carbocycles. The lowest BCUT2D eigenvalue weighted by Gasteiger charge is -2.10. The summed E-state index contributed by atoms with van der Waals surface area (Å²) < 4.78 is 6.16. The molecule has 0 aliphatic heterocycles. The third kappa shape index (κ3) is 5.19. The number of carbonyl (C=O) groups excluding carboxylic acids is 1. The molecule has 134 valence electrons. The second-order valence-electron chi connectivity index (χ2n) is 5.68. The van der Waals surface area contributed by atoms with Gasteiger partial charge in [0.15, 0.2) is 0 Å². The third-order valence-corrected chi connectivity index (χ3v) is 5.38. The maximum atomic E-state index is 12.2. The summed E-state index contributed by atoms with van der Waals surface area (Å²) in [5, 5.41) is 6.64. The van der Waals surface area contributed by atoms with E-state index in [1.54, 1.807) is 11.8 Å². The van der Waals surface area contributed by atoms with Gasteiger partial charge in [-0.1, -0.05) is 63.6 Å². The molecule has 1 amide bonds. The number of benzene rings is 2. The average Bonchev–Trinajstić information content (AvgIpc) is 3.14. The first-order chi connectivity index (χ1) is 12.6. The Balaban J connectivity index is 1.50. The van der Waals surface area contributed by atoms with Crippen molar-refractivity contribution in [1.82, 2.24) is 15.5 Å². The van der Waals surface area contributed by atoms with Gasteiger partial charge in [-0.2, -0.15) is 4.98 Å². The topological polar surface area (TPSA) is 68.0 Å². The highest BCUT2D eigenvalue weighted by Crippen LogP contribution is 2.20. The van der Waals surface area contributed by atoms with Crippen molar-refractivity contribution >= 4 is 33.6 Å². The van der Waals surface area contributed by atoms with Gasteiger partial charge in [-0.25, -0.2) is 0 Å². The van der Waals surface area contributed by atoms with Crippen LogP contribution in [0.25, 0.3) is 11.4 Å². The molecule has 0 spiro atoms. The normalized spacial score (nSPS) is 11.9. The largest absolute Gasteiger partial charge is 0.346 e. The molecule has 0 bridgehead atoms. The first-order valence-corrected chi connectivity index (χ1v) is 9.98. The Labute approximate surface area is 164 Å². The molecule has 5 nitrogen and oxygen atoms in total. The van der Waals surface area contributed by atoms with Crippen molar-refractivity contribution in [2.45, 2.75) is 24.5 Å². The average molecular weight is 432 g/mol. The van der Waals surface area contributed by atoms with Crippen molar-refractivity contribution in [3.8, 4) is 11.4 Å². The maximum Gasteiger partial charge on any atom is 0.246 e. The van der Waals surface area contributed by atoms with Gasteiger partial charge in [0, 0.05) is 15.8 Å². The Bertz CT molecular complexity index is 870. The molecule has 7 heteroatoms. The Morgan fingerprint density at radius 3 is 2.81 bits per heavy atom. The van der Waals surface area contributed by atoms with Gasteiger partial charge in [0.05, 0.1) is 11.8 Å². The lowest BCUT2D eigenvalue weighted by Crippen LogP contribution is -2.30. The minimum absolute atomic E-state index is 0.0480. The predicted molar refractivity (Wildman–Crippen MR) is 106 cm³/mol. The van der Waals surface area contributed by atoms with E-state index in [1.165, 1.54) is 5.56 Å². The molecule has 1 aromatic heterocycles. The van der Waals surface area contributed by atoms with E-state index in [9.17, 15) is 4.79 Å². The van der Waals surface area contributed by atoms with Gasteiger partial charge >= 0.3 is 0 Å². The summed E-state index contributed by atoms with van der Waals surface area (Å²) in [6.07, 6.45) is 0. The van der Waals surface area contributed by atoms with Gasteiger partial charge in [0.1, 0.15) is 0 Å². The molecule has 1 N–H and O–H groups in total. The van der Waals surface area contributed by atoms with E-state index < -0.39 is 0 Å². The van der Waals surface area contributed by atoms with Crippen molar-refractivity contribution in [1.29, 1.82) is 0 Å². The van der Waals surface area contributed by atoms with Gasteiger partial charge < -0.3 is 9.84 Å². The van der Waals surface area contributed by atoms with Crippen LogP contribution < -0.4 is 5.32 Å². The number of nitrogens with one attached hydrogen (secondary N) is 1. The van der Waals surface area contributed by atoms with Crippen molar-refractivity contribution in [2.75, 3.05) is 0 Å². The van der Waals surface area contributed by atoms with Crippen LogP contribution in [0, 0.1) is 0 Å². The molecule has 0 aliphatic rings. The summed E-state index contributed by atoms with van der Waals surface area (Å²) in [6, 6.07) is 17.7. The quantitative estimate of drug-likeness (QED) is 0.598. The van der Waals surface area contributed by atoms with Gasteiger partial charge in [-0.15, -0.1) is 11.8 Å². The zero-order chi connectivity index (χ0) is 18.4. The second-order valence-corrected chi connectivity index (χ2v) is 7.92. The number of nitrogens with zero attached hydrogens (tertiary/aromatic N) is 2. The van der Waals surface area contributed by atoms with Crippen LogP contribution in [0.4, 0.5) is 0 Å². The highest BCUT2D eigenvalue weighted by Gasteiger charge is 2.15. The summed E-state index contributed by atoms with van der Waals surface area (Å²) in [4.78, 5) is 16.6. The van der Waals surface area contributed by atoms with Crippen molar-refractivity contribution in [3.05, 3.63) is 70.5 Å². The molecule has 3 rings (SSSR count). The van der Waals surface area contributed by atoms with Crippen LogP contribution in [0.5, 0.6) is 0 Å². The maximum absolute atomic E-state index is 12.2. The van der Waals surface area contributed by atoms with Crippen molar-refractivity contribution in [2.24, 2.45) is 0 Å². The number of amides is 1. The van der Waals surface area contributed by atoms with E-state index in [-0.39, 0.29) is 17.7 Å². The first kappa shape index (κ1) is 18.7.